The molecule has 1 nitrogen and oxygen atoms in total. The first-order valence-corrected chi connectivity index (χ1v) is 5.58. The lowest BCUT2D eigenvalue weighted by molar-refractivity contribution is 0.112. The predicted molar refractivity (Wildman–Crippen MR) is 71.8 cm³/mol. The van der Waals surface area contributed by atoms with Crippen molar-refractivity contribution in [2.75, 3.05) is 0 Å². The van der Waals surface area contributed by atoms with Crippen LogP contribution in [0.3, 0.4) is 0 Å². The van der Waals surface area contributed by atoms with Gasteiger partial charge in [0, 0.05) is 5.56 Å². The van der Waals surface area contributed by atoms with Crippen LogP contribution >= 0.6 is 0 Å². The van der Waals surface area contributed by atoms with Gasteiger partial charge in [-0.3, -0.25) is 4.79 Å². The first-order chi connectivity index (χ1) is 8.33. The first kappa shape index (κ1) is 11.3. The summed E-state index contributed by atoms with van der Waals surface area (Å²) in [5.74, 6) is 0. The molecular formula is C16H14O. The van der Waals surface area contributed by atoms with E-state index in [0.29, 0.717) is 5.56 Å². The molecule has 1 aromatic rings. The van der Waals surface area contributed by atoms with Crippen LogP contribution in [0.2, 0.25) is 0 Å². The Labute approximate surface area is 101 Å². The van der Waals surface area contributed by atoms with E-state index in [-0.39, 0.29) is 0 Å². The number of carbonyl (C=O) groups is 1. The van der Waals surface area contributed by atoms with Crippen LogP contribution in [-0.2, 0) is 0 Å². The van der Waals surface area contributed by atoms with E-state index in [4.69, 9.17) is 0 Å². The van der Waals surface area contributed by atoms with Gasteiger partial charge in [-0.2, -0.15) is 0 Å². The minimum atomic E-state index is 0.715. The Bertz CT molecular complexity index is 530. The molecule has 0 atom stereocenters. The Morgan fingerprint density at radius 1 is 1.29 bits per heavy atom. The summed E-state index contributed by atoms with van der Waals surface area (Å²) in [6.07, 6.45) is 11.8. The lowest BCUT2D eigenvalue weighted by Gasteiger charge is -2.12. The van der Waals surface area contributed by atoms with Gasteiger partial charge in [-0.05, 0) is 29.2 Å². The average molecular weight is 222 g/mol. The summed E-state index contributed by atoms with van der Waals surface area (Å²) in [4.78, 5) is 10.8. The standard InChI is InChI=1S/C16H14O/c1-2-5-13-6-3-8-15(10-13)16-9-4-7-14(11-16)12-17/h2-9,11-12H,1,10H2/b13-5-. The minimum Gasteiger partial charge on any atom is -0.298 e. The molecule has 1 aliphatic rings. The Morgan fingerprint density at radius 3 is 2.94 bits per heavy atom. The van der Waals surface area contributed by atoms with Gasteiger partial charge in [-0.15, -0.1) is 0 Å². The van der Waals surface area contributed by atoms with Crippen molar-refractivity contribution in [1.29, 1.82) is 0 Å². The molecule has 0 N–H and O–H groups in total. The number of hydrogen-bond donors (Lipinski definition) is 0. The molecule has 0 amide bonds. The largest absolute Gasteiger partial charge is 0.298 e. The van der Waals surface area contributed by atoms with Crippen molar-refractivity contribution in [3.05, 3.63) is 77.9 Å². The van der Waals surface area contributed by atoms with E-state index >= 15 is 0 Å². The third-order valence-corrected chi connectivity index (χ3v) is 2.73. The van der Waals surface area contributed by atoms with Gasteiger partial charge in [0.1, 0.15) is 6.29 Å². The molecule has 0 aromatic heterocycles. The van der Waals surface area contributed by atoms with Crippen LogP contribution in [0.5, 0.6) is 0 Å². The van der Waals surface area contributed by atoms with Gasteiger partial charge in [0.15, 0.2) is 0 Å². The van der Waals surface area contributed by atoms with Gasteiger partial charge in [-0.25, -0.2) is 0 Å². The van der Waals surface area contributed by atoms with Crippen molar-refractivity contribution in [3.8, 4) is 0 Å². The highest BCUT2D eigenvalue weighted by molar-refractivity contribution is 5.79. The number of rotatable bonds is 3. The number of benzene rings is 1. The molecule has 0 unspecified atom stereocenters. The highest BCUT2D eigenvalue weighted by atomic mass is 16.1. The minimum absolute atomic E-state index is 0.715. The molecule has 0 fully saturated rings. The van der Waals surface area contributed by atoms with Crippen LogP contribution in [0.25, 0.3) is 5.57 Å². The SMILES string of the molecule is C=C/C=C1/C=CC=C(c2cccc(C=O)c2)C1. The zero-order valence-corrected chi connectivity index (χ0v) is 9.60. The van der Waals surface area contributed by atoms with E-state index < -0.39 is 0 Å². The van der Waals surface area contributed by atoms with E-state index in [1.807, 2.05) is 36.4 Å². The Balaban J connectivity index is 2.31. The summed E-state index contributed by atoms with van der Waals surface area (Å²) >= 11 is 0. The summed E-state index contributed by atoms with van der Waals surface area (Å²) in [6, 6.07) is 7.68. The van der Waals surface area contributed by atoms with Crippen molar-refractivity contribution < 1.29 is 4.79 Å². The fourth-order valence-electron chi connectivity index (χ4n) is 1.90. The summed E-state index contributed by atoms with van der Waals surface area (Å²) in [5, 5.41) is 0. The van der Waals surface area contributed by atoms with Crippen molar-refractivity contribution in [2.45, 2.75) is 6.42 Å². The van der Waals surface area contributed by atoms with Gasteiger partial charge in [0.2, 0.25) is 0 Å². The van der Waals surface area contributed by atoms with Gasteiger partial charge in [-0.1, -0.05) is 55.2 Å². The third-order valence-electron chi connectivity index (χ3n) is 2.73. The molecule has 0 spiro atoms. The maximum Gasteiger partial charge on any atom is 0.150 e. The van der Waals surface area contributed by atoms with E-state index in [1.54, 1.807) is 6.08 Å². The zero-order valence-electron chi connectivity index (χ0n) is 9.60. The highest BCUT2D eigenvalue weighted by Crippen LogP contribution is 2.27. The van der Waals surface area contributed by atoms with Crippen molar-refractivity contribution in [1.82, 2.24) is 0 Å². The summed E-state index contributed by atoms with van der Waals surface area (Å²) in [5.41, 5.74) is 4.28. The van der Waals surface area contributed by atoms with Gasteiger partial charge in [0.25, 0.3) is 0 Å². The van der Waals surface area contributed by atoms with E-state index in [1.165, 1.54) is 11.1 Å². The molecule has 0 aliphatic heterocycles. The number of allylic oxidation sites excluding steroid dienone is 7. The smallest absolute Gasteiger partial charge is 0.150 e. The second kappa shape index (κ2) is 5.26. The van der Waals surface area contributed by atoms with Crippen LogP contribution in [0, 0.1) is 0 Å². The second-order valence-electron chi connectivity index (χ2n) is 3.95. The topological polar surface area (TPSA) is 17.1 Å². The van der Waals surface area contributed by atoms with Crippen LogP contribution in [-0.4, -0.2) is 6.29 Å². The third kappa shape index (κ3) is 2.70. The molecule has 1 aromatic carbocycles. The highest BCUT2D eigenvalue weighted by Gasteiger charge is 2.06. The average Bonchev–Trinajstić information content (AvgIpc) is 2.40. The normalized spacial score (nSPS) is 16.7. The van der Waals surface area contributed by atoms with Crippen LogP contribution in [0.15, 0.2) is 66.8 Å². The Hall–Kier alpha value is -2.15. The van der Waals surface area contributed by atoms with Crippen molar-refractivity contribution in [2.24, 2.45) is 0 Å². The molecule has 0 saturated heterocycles. The van der Waals surface area contributed by atoms with Crippen molar-refractivity contribution >= 4 is 11.9 Å². The second-order valence-corrected chi connectivity index (χ2v) is 3.95. The summed E-state index contributed by atoms with van der Waals surface area (Å²) in [7, 11) is 0. The van der Waals surface area contributed by atoms with E-state index in [2.05, 4.69) is 18.7 Å². The van der Waals surface area contributed by atoms with Crippen LogP contribution in [0.1, 0.15) is 22.3 Å². The fraction of sp³-hybridized carbons (Fsp3) is 0.0625. The summed E-state index contributed by atoms with van der Waals surface area (Å²) in [6.45, 7) is 3.70. The first-order valence-electron chi connectivity index (χ1n) is 5.58. The van der Waals surface area contributed by atoms with Crippen molar-refractivity contribution in [3.63, 3.8) is 0 Å². The number of aldehydes is 1. The number of hydrogen-bond acceptors (Lipinski definition) is 1. The molecular weight excluding hydrogens is 208 g/mol. The van der Waals surface area contributed by atoms with E-state index in [9.17, 15) is 4.79 Å². The van der Waals surface area contributed by atoms with E-state index in [0.717, 1.165) is 18.3 Å². The molecule has 2 rings (SSSR count). The van der Waals surface area contributed by atoms with Crippen LogP contribution < -0.4 is 0 Å². The summed E-state index contributed by atoms with van der Waals surface area (Å²) < 4.78 is 0. The molecule has 1 heteroatoms. The zero-order chi connectivity index (χ0) is 12.1. The van der Waals surface area contributed by atoms with Gasteiger partial charge >= 0.3 is 0 Å². The lowest BCUT2D eigenvalue weighted by Crippen LogP contribution is -1.92. The Morgan fingerprint density at radius 2 is 2.18 bits per heavy atom. The van der Waals surface area contributed by atoms with Gasteiger partial charge < -0.3 is 0 Å². The molecule has 17 heavy (non-hydrogen) atoms. The molecule has 0 bridgehead atoms. The monoisotopic (exact) mass is 222 g/mol. The van der Waals surface area contributed by atoms with Crippen LogP contribution in [0.4, 0.5) is 0 Å². The molecule has 84 valence electrons. The molecule has 1 aliphatic carbocycles. The lowest BCUT2D eigenvalue weighted by atomic mass is 9.93. The number of carbonyl (C=O) groups excluding carboxylic acids is 1. The quantitative estimate of drug-likeness (QED) is 0.707. The molecule has 0 heterocycles. The molecule has 0 saturated carbocycles. The fourth-order valence-corrected chi connectivity index (χ4v) is 1.90. The maximum absolute atomic E-state index is 10.8. The molecule has 0 radical (unpaired) electrons. The predicted octanol–water partition coefficient (Wildman–Crippen LogP) is 3.95. The maximum atomic E-state index is 10.8. The Kier molecular flexibility index (Phi) is 3.51. The van der Waals surface area contributed by atoms with Gasteiger partial charge in [0.05, 0.1) is 0 Å².